The molecule has 0 amide bonds. The van der Waals surface area contributed by atoms with E-state index in [0.717, 1.165) is 31.9 Å². The fraction of sp³-hybridized carbons (Fsp3) is 0.500. The first-order valence-electron chi connectivity index (χ1n) is 5.85. The van der Waals surface area contributed by atoms with E-state index in [9.17, 15) is 0 Å². The molecule has 5 nitrogen and oxygen atoms in total. The minimum absolute atomic E-state index is 0.00553. The van der Waals surface area contributed by atoms with E-state index < -0.39 is 0 Å². The number of nitrogen functional groups attached to an aromatic ring is 1. The number of hydrogen-bond acceptors (Lipinski definition) is 4. The summed E-state index contributed by atoms with van der Waals surface area (Å²) < 4.78 is 5.60. The number of pyridine rings is 1. The molecule has 0 saturated carbocycles. The van der Waals surface area contributed by atoms with Crippen molar-refractivity contribution < 1.29 is 4.74 Å². The predicted octanol–water partition coefficient (Wildman–Crippen LogP) is 0.981. The highest BCUT2D eigenvalue weighted by Gasteiger charge is 2.16. The number of amidine groups is 1. The van der Waals surface area contributed by atoms with Crippen molar-refractivity contribution in [3.05, 3.63) is 23.9 Å². The average Bonchev–Trinajstić information content (AvgIpc) is 2.54. The summed E-state index contributed by atoms with van der Waals surface area (Å²) >= 11 is 0. The molecule has 5 heteroatoms. The van der Waals surface area contributed by atoms with Gasteiger partial charge in [-0.2, -0.15) is 0 Å². The number of ether oxygens (including phenoxy) is 1. The van der Waals surface area contributed by atoms with Crippen molar-refractivity contribution in [1.82, 2.24) is 4.98 Å². The second-order valence-electron chi connectivity index (χ2n) is 4.28. The smallest absolute Gasteiger partial charge is 0.141 e. The van der Waals surface area contributed by atoms with Gasteiger partial charge in [0.15, 0.2) is 0 Å². The molecule has 0 aliphatic carbocycles. The molecule has 1 aliphatic rings. The first kappa shape index (κ1) is 11.9. The Hall–Kier alpha value is -1.62. The Morgan fingerprint density at radius 3 is 3.18 bits per heavy atom. The Morgan fingerprint density at radius 2 is 2.41 bits per heavy atom. The van der Waals surface area contributed by atoms with Gasteiger partial charge in [0.2, 0.25) is 0 Å². The zero-order chi connectivity index (χ0) is 12.3. The lowest BCUT2D eigenvalue weighted by Crippen LogP contribution is -2.31. The van der Waals surface area contributed by atoms with Crippen LogP contribution in [0.5, 0.6) is 0 Å². The van der Waals surface area contributed by atoms with Gasteiger partial charge in [0.1, 0.15) is 17.3 Å². The van der Waals surface area contributed by atoms with Crippen LogP contribution in [-0.2, 0) is 4.74 Å². The number of nitrogens with zero attached hydrogens (tertiary/aromatic N) is 2. The van der Waals surface area contributed by atoms with E-state index in [1.807, 2.05) is 12.1 Å². The Morgan fingerprint density at radius 1 is 1.59 bits per heavy atom. The quantitative estimate of drug-likeness (QED) is 0.591. The van der Waals surface area contributed by atoms with Crippen LogP contribution in [0.4, 0.5) is 5.82 Å². The minimum atomic E-state index is 0.00553. The molecule has 0 bridgehead atoms. The molecule has 1 aromatic rings. The van der Waals surface area contributed by atoms with Crippen molar-refractivity contribution in [3.63, 3.8) is 0 Å². The monoisotopic (exact) mass is 234 g/mol. The van der Waals surface area contributed by atoms with E-state index in [0.29, 0.717) is 5.69 Å². The summed E-state index contributed by atoms with van der Waals surface area (Å²) in [5.74, 6) is 0.876. The predicted molar refractivity (Wildman–Crippen MR) is 67.5 cm³/mol. The van der Waals surface area contributed by atoms with Crippen molar-refractivity contribution in [2.45, 2.75) is 19.4 Å². The van der Waals surface area contributed by atoms with Gasteiger partial charge in [0, 0.05) is 19.7 Å². The highest BCUT2D eigenvalue weighted by atomic mass is 16.5. The van der Waals surface area contributed by atoms with Gasteiger partial charge in [-0.25, -0.2) is 4.98 Å². The lowest BCUT2D eigenvalue weighted by atomic mass is 10.3. The van der Waals surface area contributed by atoms with Crippen molar-refractivity contribution in [2.75, 3.05) is 24.6 Å². The van der Waals surface area contributed by atoms with Gasteiger partial charge < -0.3 is 15.4 Å². The van der Waals surface area contributed by atoms with Crippen LogP contribution in [0, 0.1) is 5.41 Å². The van der Waals surface area contributed by atoms with E-state index in [-0.39, 0.29) is 11.9 Å². The number of anilines is 1. The largest absolute Gasteiger partial charge is 0.382 e. The van der Waals surface area contributed by atoms with Crippen LogP contribution in [0.25, 0.3) is 0 Å². The summed E-state index contributed by atoms with van der Waals surface area (Å²) in [4.78, 5) is 6.58. The normalized spacial score (nSPS) is 21.0. The van der Waals surface area contributed by atoms with Gasteiger partial charge in [-0.15, -0.1) is 0 Å². The Bertz CT molecular complexity index is 407. The van der Waals surface area contributed by atoms with Gasteiger partial charge in [0.25, 0.3) is 0 Å². The number of aromatic nitrogens is 1. The van der Waals surface area contributed by atoms with Crippen LogP contribution in [0.15, 0.2) is 18.2 Å². The fourth-order valence-electron chi connectivity index (χ4n) is 1.95. The SMILES string of the molecule is CC1CN(c2cccc(C(=N)N)n2)CCCO1. The molecule has 1 unspecified atom stereocenters. The molecule has 1 fully saturated rings. The number of nitrogens with one attached hydrogen (secondary N) is 1. The molecule has 2 heterocycles. The molecule has 0 radical (unpaired) electrons. The molecule has 1 atom stereocenters. The summed E-state index contributed by atoms with van der Waals surface area (Å²) in [5.41, 5.74) is 5.98. The zero-order valence-corrected chi connectivity index (χ0v) is 10.0. The molecule has 0 aromatic carbocycles. The molecular weight excluding hydrogens is 216 g/mol. The van der Waals surface area contributed by atoms with Crippen molar-refractivity contribution >= 4 is 11.7 Å². The molecule has 1 saturated heterocycles. The maximum Gasteiger partial charge on any atom is 0.141 e. The van der Waals surface area contributed by atoms with Crippen molar-refractivity contribution in [3.8, 4) is 0 Å². The summed E-state index contributed by atoms with van der Waals surface area (Å²) in [6, 6.07) is 5.59. The first-order valence-corrected chi connectivity index (χ1v) is 5.85. The Labute approximate surface area is 101 Å². The number of nitrogens with two attached hydrogens (primary N) is 1. The first-order chi connectivity index (χ1) is 8.16. The maximum absolute atomic E-state index is 7.40. The van der Waals surface area contributed by atoms with Crippen LogP contribution in [0.1, 0.15) is 19.0 Å². The molecule has 1 aromatic heterocycles. The summed E-state index contributed by atoms with van der Waals surface area (Å²) in [6.45, 7) is 4.62. The third kappa shape index (κ3) is 2.94. The molecular formula is C12H18N4O. The van der Waals surface area contributed by atoms with E-state index >= 15 is 0 Å². The van der Waals surface area contributed by atoms with Gasteiger partial charge >= 0.3 is 0 Å². The van der Waals surface area contributed by atoms with Crippen LogP contribution < -0.4 is 10.6 Å². The average molecular weight is 234 g/mol. The van der Waals surface area contributed by atoms with E-state index in [2.05, 4.69) is 16.8 Å². The number of rotatable bonds is 2. The standard InChI is InChI=1S/C12H18N4O/c1-9-8-16(6-3-7-17-9)11-5-2-4-10(15-11)12(13)14/h2,4-5,9H,3,6-8H2,1H3,(H3,13,14). The minimum Gasteiger partial charge on any atom is -0.382 e. The van der Waals surface area contributed by atoms with Gasteiger partial charge in [-0.3, -0.25) is 5.41 Å². The maximum atomic E-state index is 7.40. The third-order valence-corrected chi connectivity index (χ3v) is 2.79. The van der Waals surface area contributed by atoms with Gasteiger partial charge in [-0.05, 0) is 25.5 Å². The lowest BCUT2D eigenvalue weighted by molar-refractivity contribution is 0.0820. The Balaban J connectivity index is 2.20. The third-order valence-electron chi connectivity index (χ3n) is 2.79. The zero-order valence-electron chi connectivity index (χ0n) is 10.0. The highest BCUT2D eigenvalue weighted by Crippen LogP contribution is 2.15. The molecule has 92 valence electrons. The second kappa shape index (κ2) is 5.14. The second-order valence-corrected chi connectivity index (χ2v) is 4.28. The van der Waals surface area contributed by atoms with Crippen LogP contribution in [-0.4, -0.2) is 36.6 Å². The van der Waals surface area contributed by atoms with Crippen LogP contribution >= 0.6 is 0 Å². The van der Waals surface area contributed by atoms with E-state index in [1.54, 1.807) is 6.07 Å². The Kier molecular flexibility index (Phi) is 3.58. The summed E-state index contributed by atoms with van der Waals surface area (Å²) in [7, 11) is 0. The molecule has 0 spiro atoms. The molecule has 17 heavy (non-hydrogen) atoms. The van der Waals surface area contributed by atoms with Crippen molar-refractivity contribution in [2.24, 2.45) is 5.73 Å². The van der Waals surface area contributed by atoms with E-state index in [1.165, 1.54) is 0 Å². The van der Waals surface area contributed by atoms with Gasteiger partial charge in [-0.1, -0.05) is 6.07 Å². The summed E-state index contributed by atoms with van der Waals surface area (Å²) in [5, 5.41) is 7.40. The van der Waals surface area contributed by atoms with Crippen LogP contribution in [0.2, 0.25) is 0 Å². The van der Waals surface area contributed by atoms with Crippen molar-refractivity contribution in [1.29, 1.82) is 5.41 Å². The highest BCUT2D eigenvalue weighted by molar-refractivity contribution is 5.93. The molecule has 1 aliphatic heterocycles. The van der Waals surface area contributed by atoms with Crippen LogP contribution in [0.3, 0.4) is 0 Å². The molecule has 2 rings (SSSR count). The lowest BCUT2D eigenvalue weighted by Gasteiger charge is -2.23. The molecule has 3 N–H and O–H groups in total. The number of hydrogen-bond donors (Lipinski definition) is 2. The topological polar surface area (TPSA) is 75.2 Å². The van der Waals surface area contributed by atoms with E-state index in [4.69, 9.17) is 15.9 Å². The summed E-state index contributed by atoms with van der Waals surface area (Å²) in [6.07, 6.45) is 1.20. The fourth-order valence-corrected chi connectivity index (χ4v) is 1.95. The van der Waals surface area contributed by atoms with Gasteiger partial charge in [0.05, 0.1) is 6.10 Å².